The van der Waals surface area contributed by atoms with Crippen LogP contribution in [0.1, 0.15) is 61.9 Å². The van der Waals surface area contributed by atoms with Crippen LogP contribution in [0.25, 0.3) is 0 Å². The van der Waals surface area contributed by atoms with Gasteiger partial charge in [0.2, 0.25) is 11.8 Å². The Morgan fingerprint density at radius 1 is 1.22 bits per heavy atom. The molecule has 2 rings (SSSR count). The minimum Gasteiger partial charge on any atom is -0.478 e. The highest BCUT2D eigenvalue weighted by atomic mass is 16.4. The average molecular weight is 374 g/mol. The van der Waals surface area contributed by atoms with E-state index in [1.807, 2.05) is 6.92 Å². The van der Waals surface area contributed by atoms with Crippen LogP contribution < -0.4 is 5.32 Å². The van der Waals surface area contributed by atoms with Crippen LogP contribution in [0.3, 0.4) is 0 Å². The maximum absolute atomic E-state index is 12.7. The Balaban J connectivity index is 1.94. The first-order valence-corrected chi connectivity index (χ1v) is 9.82. The van der Waals surface area contributed by atoms with Crippen molar-refractivity contribution in [3.63, 3.8) is 0 Å². The summed E-state index contributed by atoms with van der Waals surface area (Å²) in [5, 5.41) is 12.2. The number of amides is 2. The van der Waals surface area contributed by atoms with Crippen molar-refractivity contribution in [1.82, 2.24) is 10.2 Å². The predicted molar refractivity (Wildman–Crippen MR) is 104 cm³/mol. The summed E-state index contributed by atoms with van der Waals surface area (Å²) in [4.78, 5) is 38.2. The van der Waals surface area contributed by atoms with Crippen LogP contribution in [-0.2, 0) is 16.0 Å². The van der Waals surface area contributed by atoms with Gasteiger partial charge in [-0.1, -0.05) is 31.5 Å². The third kappa shape index (κ3) is 5.81. The second-order valence-corrected chi connectivity index (χ2v) is 7.28. The number of carbonyl (C=O) groups is 3. The van der Waals surface area contributed by atoms with E-state index in [2.05, 4.69) is 12.2 Å². The quantitative estimate of drug-likeness (QED) is 0.685. The minimum absolute atomic E-state index is 0.0197. The highest BCUT2D eigenvalue weighted by molar-refractivity contribution is 5.89. The lowest BCUT2D eigenvalue weighted by molar-refractivity contribution is -0.138. The summed E-state index contributed by atoms with van der Waals surface area (Å²) in [6.45, 7) is 5.21. The van der Waals surface area contributed by atoms with E-state index in [1.54, 1.807) is 29.2 Å². The fourth-order valence-electron chi connectivity index (χ4n) is 3.53. The summed E-state index contributed by atoms with van der Waals surface area (Å²) in [7, 11) is 0. The number of nitrogens with zero attached hydrogens (tertiary/aromatic N) is 1. The predicted octanol–water partition coefficient (Wildman–Crippen LogP) is 2.86. The number of benzene rings is 1. The largest absolute Gasteiger partial charge is 0.478 e. The number of carbonyl (C=O) groups excluding carboxylic acids is 2. The number of rotatable bonds is 8. The van der Waals surface area contributed by atoms with Gasteiger partial charge >= 0.3 is 5.97 Å². The van der Waals surface area contributed by atoms with E-state index >= 15 is 0 Å². The molecule has 1 fully saturated rings. The Hall–Kier alpha value is -2.37. The summed E-state index contributed by atoms with van der Waals surface area (Å²) in [5.41, 5.74) is 0.905. The normalized spacial score (nSPS) is 19.6. The third-order valence-corrected chi connectivity index (χ3v) is 5.26. The molecule has 1 heterocycles. The van der Waals surface area contributed by atoms with Crippen molar-refractivity contribution in [2.75, 3.05) is 13.1 Å². The van der Waals surface area contributed by atoms with Crippen LogP contribution in [0.15, 0.2) is 24.3 Å². The molecule has 2 unspecified atom stereocenters. The molecular formula is C21H30N2O4. The number of nitrogens with one attached hydrogen (secondary N) is 1. The van der Waals surface area contributed by atoms with Crippen molar-refractivity contribution in [2.45, 2.75) is 58.4 Å². The standard InChI is InChI=1S/C21H30N2O4/c1-3-4-13-22-20(25)17-10-9-15(2)23(14-17)19(24)12-11-16-7-5-6-8-18(16)21(26)27/h5-8,15,17H,3-4,9-14H2,1-2H3,(H,22,25)(H,26,27). The molecule has 1 aliphatic heterocycles. The Bertz CT molecular complexity index is 674. The van der Waals surface area contributed by atoms with Gasteiger partial charge in [-0.15, -0.1) is 0 Å². The second-order valence-electron chi connectivity index (χ2n) is 7.28. The molecule has 0 bridgehead atoms. The molecule has 2 N–H and O–H groups in total. The van der Waals surface area contributed by atoms with Crippen LogP contribution in [0.4, 0.5) is 0 Å². The van der Waals surface area contributed by atoms with Gasteiger partial charge in [0.25, 0.3) is 0 Å². The van der Waals surface area contributed by atoms with Gasteiger partial charge in [0, 0.05) is 25.6 Å². The van der Waals surface area contributed by atoms with E-state index in [-0.39, 0.29) is 35.8 Å². The van der Waals surface area contributed by atoms with Gasteiger partial charge in [-0.2, -0.15) is 0 Å². The molecule has 0 radical (unpaired) electrons. The molecule has 1 aliphatic rings. The van der Waals surface area contributed by atoms with Gasteiger partial charge in [0.15, 0.2) is 0 Å². The van der Waals surface area contributed by atoms with Crippen molar-refractivity contribution in [3.05, 3.63) is 35.4 Å². The summed E-state index contributed by atoms with van der Waals surface area (Å²) in [6, 6.07) is 6.88. The van der Waals surface area contributed by atoms with Crippen molar-refractivity contribution < 1.29 is 19.5 Å². The molecule has 2 atom stereocenters. The molecular weight excluding hydrogens is 344 g/mol. The zero-order valence-electron chi connectivity index (χ0n) is 16.2. The third-order valence-electron chi connectivity index (χ3n) is 5.26. The van der Waals surface area contributed by atoms with E-state index in [0.29, 0.717) is 25.1 Å². The lowest BCUT2D eigenvalue weighted by atomic mass is 9.92. The number of aryl methyl sites for hydroxylation is 1. The number of aromatic carboxylic acids is 1. The molecule has 1 aromatic rings. The number of piperidine rings is 1. The summed E-state index contributed by atoms with van der Waals surface area (Å²) in [6.07, 6.45) is 4.23. The van der Waals surface area contributed by atoms with E-state index in [0.717, 1.165) is 25.7 Å². The molecule has 0 saturated carbocycles. The van der Waals surface area contributed by atoms with Crippen LogP contribution in [-0.4, -0.2) is 46.9 Å². The fraction of sp³-hybridized carbons (Fsp3) is 0.571. The topological polar surface area (TPSA) is 86.7 Å². The lowest BCUT2D eigenvalue weighted by Gasteiger charge is -2.37. The monoisotopic (exact) mass is 374 g/mol. The Labute approximate surface area is 160 Å². The Morgan fingerprint density at radius 3 is 2.67 bits per heavy atom. The molecule has 148 valence electrons. The molecule has 27 heavy (non-hydrogen) atoms. The minimum atomic E-state index is -0.979. The van der Waals surface area contributed by atoms with Gasteiger partial charge in [0.1, 0.15) is 0 Å². The van der Waals surface area contributed by atoms with Crippen LogP contribution in [0.5, 0.6) is 0 Å². The maximum atomic E-state index is 12.7. The average Bonchev–Trinajstić information content (AvgIpc) is 2.66. The van der Waals surface area contributed by atoms with Crippen LogP contribution >= 0.6 is 0 Å². The highest BCUT2D eigenvalue weighted by Crippen LogP contribution is 2.23. The smallest absolute Gasteiger partial charge is 0.335 e. The number of carboxylic acids is 1. The molecule has 0 aromatic heterocycles. The number of unbranched alkanes of at least 4 members (excludes halogenated alkanes) is 1. The Kier molecular flexibility index (Phi) is 7.82. The molecule has 1 aromatic carbocycles. The van der Waals surface area contributed by atoms with Gasteiger partial charge < -0.3 is 15.3 Å². The van der Waals surface area contributed by atoms with E-state index < -0.39 is 5.97 Å². The molecule has 1 saturated heterocycles. The molecule has 2 amide bonds. The molecule has 6 nitrogen and oxygen atoms in total. The van der Waals surface area contributed by atoms with E-state index in [1.165, 1.54) is 0 Å². The van der Waals surface area contributed by atoms with Crippen molar-refractivity contribution in [1.29, 1.82) is 0 Å². The Morgan fingerprint density at radius 2 is 1.96 bits per heavy atom. The zero-order chi connectivity index (χ0) is 19.8. The molecule has 0 spiro atoms. The SMILES string of the molecule is CCCCNC(=O)C1CCC(C)N(C(=O)CCc2ccccc2C(=O)O)C1. The van der Waals surface area contributed by atoms with E-state index in [4.69, 9.17) is 0 Å². The molecule has 6 heteroatoms. The van der Waals surface area contributed by atoms with Gasteiger partial charge in [-0.3, -0.25) is 9.59 Å². The fourth-order valence-corrected chi connectivity index (χ4v) is 3.53. The highest BCUT2D eigenvalue weighted by Gasteiger charge is 2.32. The number of hydrogen-bond donors (Lipinski definition) is 2. The van der Waals surface area contributed by atoms with Crippen LogP contribution in [0.2, 0.25) is 0 Å². The first-order chi connectivity index (χ1) is 12.9. The second kappa shape index (κ2) is 10.1. The summed E-state index contributed by atoms with van der Waals surface area (Å²) < 4.78 is 0. The van der Waals surface area contributed by atoms with Crippen molar-refractivity contribution in [2.24, 2.45) is 5.92 Å². The van der Waals surface area contributed by atoms with E-state index in [9.17, 15) is 19.5 Å². The van der Waals surface area contributed by atoms with Gasteiger partial charge in [-0.05, 0) is 44.2 Å². The number of carboxylic acid groups (broad SMARTS) is 1. The van der Waals surface area contributed by atoms with Gasteiger partial charge in [0.05, 0.1) is 11.5 Å². The zero-order valence-corrected chi connectivity index (χ0v) is 16.2. The van der Waals surface area contributed by atoms with Crippen molar-refractivity contribution >= 4 is 17.8 Å². The molecule has 0 aliphatic carbocycles. The summed E-state index contributed by atoms with van der Waals surface area (Å²) in [5.74, 6) is -1.13. The number of likely N-dealkylation sites (tertiary alicyclic amines) is 1. The van der Waals surface area contributed by atoms with Crippen molar-refractivity contribution in [3.8, 4) is 0 Å². The first kappa shape index (κ1) is 20.9. The first-order valence-electron chi connectivity index (χ1n) is 9.82. The lowest BCUT2D eigenvalue weighted by Crippen LogP contribution is -2.49. The van der Waals surface area contributed by atoms with Gasteiger partial charge in [-0.25, -0.2) is 4.79 Å². The number of hydrogen-bond acceptors (Lipinski definition) is 3. The van der Waals surface area contributed by atoms with Crippen LogP contribution in [0, 0.1) is 5.92 Å². The maximum Gasteiger partial charge on any atom is 0.335 e. The summed E-state index contributed by atoms with van der Waals surface area (Å²) >= 11 is 0.